The highest BCUT2D eigenvalue weighted by Gasteiger charge is 2.33. The second-order valence-corrected chi connectivity index (χ2v) is 8.17. The van der Waals surface area contributed by atoms with E-state index in [2.05, 4.69) is 10.1 Å². The SMILES string of the molecule is CNCCC1CCN(S(=O)(=O)c2ccsc2C(=O)OC)CC1.Cl. The molecule has 1 saturated heterocycles. The van der Waals surface area contributed by atoms with Gasteiger partial charge in [-0.25, -0.2) is 13.2 Å². The molecule has 0 unspecified atom stereocenters. The molecule has 2 heterocycles. The molecule has 0 radical (unpaired) electrons. The van der Waals surface area contributed by atoms with E-state index >= 15 is 0 Å². The number of sulfonamides is 1. The molecule has 0 saturated carbocycles. The normalized spacial score (nSPS) is 16.8. The lowest BCUT2D eigenvalue weighted by Gasteiger charge is -2.31. The Labute approximate surface area is 147 Å². The lowest BCUT2D eigenvalue weighted by molar-refractivity contribution is 0.0602. The summed E-state index contributed by atoms with van der Waals surface area (Å²) in [5.41, 5.74) is 0. The van der Waals surface area contributed by atoms with E-state index in [1.54, 1.807) is 5.38 Å². The number of hydrogen-bond acceptors (Lipinski definition) is 6. The Balaban J connectivity index is 0.00000264. The van der Waals surface area contributed by atoms with Crippen molar-refractivity contribution in [1.29, 1.82) is 0 Å². The summed E-state index contributed by atoms with van der Waals surface area (Å²) in [5, 5.41) is 4.73. The number of methoxy groups -OCH3 is 1. The van der Waals surface area contributed by atoms with Crippen LogP contribution in [0.25, 0.3) is 0 Å². The minimum absolute atomic E-state index is 0. The van der Waals surface area contributed by atoms with Gasteiger partial charge in [0.2, 0.25) is 10.0 Å². The summed E-state index contributed by atoms with van der Waals surface area (Å²) in [6.07, 6.45) is 2.79. The number of nitrogens with one attached hydrogen (secondary N) is 1. The van der Waals surface area contributed by atoms with Crippen LogP contribution in [0.3, 0.4) is 0 Å². The number of rotatable bonds is 6. The molecule has 0 aromatic carbocycles. The van der Waals surface area contributed by atoms with Crippen LogP contribution in [0, 0.1) is 5.92 Å². The van der Waals surface area contributed by atoms with Crippen LogP contribution >= 0.6 is 23.7 Å². The first-order chi connectivity index (χ1) is 10.5. The topological polar surface area (TPSA) is 75.7 Å². The first kappa shape index (κ1) is 20.4. The third kappa shape index (κ3) is 4.67. The lowest BCUT2D eigenvalue weighted by Crippen LogP contribution is -2.39. The van der Waals surface area contributed by atoms with E-state index in [0.29, 0.717) is 19.0 Å². The van der Waals surface area contributed by atoms with E-state index in [0.717, 1.165) is 37.1 Å². The van der Waals surface area contributed by atoms with Crippen molar-refractivity contribution in [2.45, 2.75) is 24.2 Å². The summed E-state index contributed by atoms with van der Waals surface area (Å²) in [5.74, 6) is -0.0427. The average molecular weight is 383 g/mol. The fraction of sp³-hybridized carbons (Fsp3) is 0.643. The van der Waals surface area contributed by atoms with Crippen LogP contribution in [0.4, 0.5) is 0 Å². The zero-order valence-corrected chi connectivity index (χ0v) is 15.7. The van der Waals surface area contributed by atoms with Crippen molar-refractivity contribution in [3.8, 4) is 0 Å². The molecule has 0 aliphatic carbocycles. The van der Waals surface area contributed by atoms with Gasteiger partial charge >= 0.3 is 5.97 Å². The van der Waals surface area contributed by atoms with E-state index in [9.17, 15) is 13.2 Å². The molecule has 0 atom stereocenters. The number of hydrogen-bond donors (Lipinski definition) is 1. The van der Waals surface area contributed by atoms with Gasteiger partial charge in [0.05, 0.1) is 7.11 Å². The molecule has 1 aliphatic rings. The van der Waals surface area contributed by atoms with Crippen LogP contribution in [0.5, 0.6) is 0 Å². The first-order valence-electron chi connectivity index (χ1n) is 7.31. The Morgan fingerprint density at radius 1 is 1.43 bits per heavy atom. The van der Waals surface area contributed by atoms with Crippen LogP contribution in [0.1, 0.15) is 28.9 Å². The number of ether oxygens (including phenoxy) is 1. The molecule has 1 aromatic heterocycles. The van der Waals surface area contributed by atoms with Gasteiger partial charge < -0.3 is 10.1 Å². The van der Waals surface area contributed by atoms with E-state index in [1.807, 2.05) is 7.05 Å². The van der Waals surface area contributed by atoms with Crippen molar-refractivity contribution in [1.82, 2.24) is 9.62 Å². The molecule has 23 heavy (non-hydrogen) atoms. The molecule has 1 aromatic rings. The molecular weight excluding hydrogens is 360 g/mol. The van der Waals surface area contributed by atoms with Gasteiger partial charge in [0.1, 0.15) is 9.77 Å². The second-order valence-electron chi connectivity index (χ2n) is 5.35. The fourth-order valence-electron chi connectivity index (χ4n) is 2.67. The van der Waals surface area contributed by atoms with E-state index in [4.69, 9.17) is 0 Å². The number of nitrogens with zero attached hydrogens (tertiary/aromatic N) is 1. The van der Waals surface area contributed by atoms with Gasteiger partial charge in [-0.2, -0.15) is 4.31 Å². The highest BCUT2D eigenvalue weighted by Crippen LogP contribution is 2.29. The average Bonchev–Trinajstić information content (AvgIpc) is 3.03. The Morgan fingerprint density at radius 3 is 2.65 bits per heavy atom. The van der Waals surface area contributed by atoms with Crippen molar-refractivity contribution < 1.29 is 17.9 Å². The van der Waals surface area contributed by atoms with Gasteiger partial charge in [0.25, 0.3) is 0 Å². The van der Waals surface area contributed by atoms with Crippen LogP contribution < -0.4 is 5.32 Å². The molecular formula is C14H23ClN2O4S2. The highest BCUT2D eigenvalue weighted by atomic mass is 35.5. The first-order valence-corrected chi connectivity index (χ1v) is 9.63. The van der Waals surface area contributed by atoms with Gasteiger partial charge in [-0.15, -0.1) is 23.7 Å². The van der Waals surface area contributed by atoms with Crippen LogP contribution in [-0.4, -0.2) is 52.5 Å². The maximum atomic E-state index is 12.7. The third-order valence-electron chi connectivity index (χ3n) is 3.99. The summed E-state index contributed by atoms with van der Waals surface area (Å²) < 4.78 is 31.6. The number of halogens is 1. The van der Waals surface area contributed by atoms with Crippen molar-refractivity contribution >= 4 is 39.7 Å². The predicted molar refractivity (Wildman–Crippen MR) is 92.9 cm³/mol. The summed E-state index contributed by atoms with van der Waals surface area (Å²) in [4.78, 5) is 11.9. The molecule has 2 rings (SSSR count). The number of carbonyl (C=O) groups is 1. The zero-order valence-electron chi connectivity index (χ0n) is 13.3. The molecule has 1 aliphatic heterocycles. The summed E-state index contributed by atoms with van der Waals surface area (Å²) in [7, 11) is -0.444. The predicted octanol–water partition coefficient (Wildman–Crippen LogP) is 1.97. The highest BCUT2D eigenvalue weighted by molar-refractivity contribution is 7.89. The third-order valence-corrected chi connectivity index (χ3v) is 6.96. The Morgan fingerprint density at radius 2 is 2.09 bits per heavy atom. The smallest absolute Gasteiger partial charge is 0.349 e. The van der Waals surface area contributed by atoms with E-state index in [1.165, 1.54) is 17.5 Å². The minimum atomic E-state index is -3.62. The summed E-state index contributed by atoms with van der Waals surface area (Å²) in [6, 6.07) is 1.49. The molecule has 0 amide bonds. The zero-order chi connectivity index (χ0) is 16.2. The molecule has 1 N–H and O–H groups in total. The number of thiophene rings is 1. The molecule has 0 spiro atoms. The maximum Gasteiger partial charge on any atom is 0.349 e. The quantitative estimate of drug-likeness (QED) is 0.761. The lowest BCUT2D eigenvalue weighted by atomic mass is 9.95. The van der Waals surface area contributed by atoms with Crippen molar-refractivity contribution in [2.75, 3.05) is 33.8 Å². The van der Waals surface area contributed by atoms with Gasteiger partial charge in [-0.1, -0.05) is 0 Å². The van der Waals surface area contributed by atoms with Crippen molar-refractivity contribution in [3.05, 3.63) is 16.3 Å². The largest absolute Gasteiger partial charge is 0.465 e. The van der Waals surface area contributed by atoms with Gasteiger partial charge in [0, 0.05) is 13.1 Å². The standard InChI is InChI=1S/C14H22N2O4S2.ClH/c1-15-7-3-11-4-8-16(9-5-11)22(18,19)12-6-10-21-13(12)14(17)20-2;/h6,10-11,15H,3-5,7-9H2,1-2H3;1H. The maximum absolute atomic E-state index is 12.7. The summed E-state index contributed by atoms with van der Waals surface area (Å²) >= 11 is 1.10. The van der Waals surface area contributed by atoms with Gasteiger partial charge in [0.15, 0.2) is 0 Å². The molecule has 0 bridgehead atoms. The van der Waals surface area contributed by atoms with E-state index < -0.39 is 16.0 Å². The van der Waals surface area contributed by atoms with Gasteiger partial charge in [-0.3, -0.25) is 0 Å². The van der Waals surface area contributed by atoms with Gasteiger partial charge in [-0.05, 0) is 50.2 Å². The van der Waals surface area contributed by atoms with Crippen LogP contribution in [0.2, 0.25) is 0 Å². The summed E-state index contributed by atoms with van der Waals surface area (Å²) in [6.45, 7) is 1.97. The molecule has 132 valence electrons. The Bertz CT molecular complexity index is 610. The monoisotopic (exact) mass is 382 g/mol. The minimum Gasteiger partial charge on any atom is -0.465 e. The molecule has 6 nitrogen and oxygen atoms in total. The van der Waals surface area contributed by atoms with Crippen molar-refractivity contribution in [3.63, 3.8) is 0 Å². The van der Waals surface area contributed by atoms with E-state index in [-0.39, 0.29) is 22.2 Å². The van der Waals surface area contributed by atoms with Crippen LogP contribution in [-0.2, 0) is 14.8 Å². The Hall–Kier alpha value is -0.670. The number of esters is 1. The number of piperidine rings is 1. The Kier molecular flexibility index (Phi) is 7.96. The molecule has 1 fully saturated rings. The molecule has 9 heteroatoms. The fourth-order valence-corrected chi connectivity index (χ4v) is 5.45. The van der Waals surface area contributed by atoms with Crippen molar-refractivity contribution in [2.24, 2.45) is 5.92 Å². The second kappa shape index (κ2) is 8.98. The number of carbonyl (C=O) groups excluding carboxylic acids is 1. The van der Waals surface area contributed by atoms with Crippen LogP contribution in [0.15, 0.2) is 16.3 Å².